The van der Waals surface area contributed by atoms with E-state index in [1.165, 1.54) is 30.9 Å². The minimum absolute atomic E-state index is 0.00553. The average molecular weight is 871 g/mol. The number of hydrogen-bond donors (Lipinski definition) is 6. The van der Waals surface area contributed by atoms with Gasteiger partial charge >= 0.3 is 12.1 Å². The van der Waals surface area contributed by atoms with Crippen LogP contribution < -0.4 is 31.7 Å². The number of amides is 5. The number of likely N-dealkylation sites (tertiary alicyclic amines) is 1. The Morgan fingerprint density at radius 3 is 2.15 bits per heavy atom. The van der Waals surface area contributed by atoms with Gasteiger partial charge in [-0.25, -0.2) is 22.7 Å². The molecule has 0 unspecified atom stereocenters. The van der Waals surface area contributed by atoms with Crippen LogP contribution in [0.4, 0.5) is 4.79 Å². The molecule has 19 heteroatoms. The van der Waals surface area contributed by atoms with Gasteiger partial charge in [-0.3, -0.25) is 24.2 Å². The van der Waals surface area contributed by atoms with E-state index in [2.05, 4.69) is 31.0 Å². The molecule has 0 aliphatic carbocycles. The molecule has 18 nitrogen and oxygen atoms in total. The minimum atomic E-state index is -3.98. The molecule has 3 rings (SSSR count). The second-order valence-electron chi connectivity index (χ2n) is 16.5. The van der Waals surface area contributed by atoms with Gasteiger partial charge in [0.05, 0.1) is 4.90 Å². The summed E-state index contributed by atoms with van der Waals surface area (Å²) in [5.41, 5.74) is 6.66. The summed E-state index contributed by atoms with van der Waals surface area (Å²) >= 11 is 0. The molecule has 2 aromatic carbocycles. The Bertz CT molecular complexity index is 1970. The first kappa shape index (κ1) is 49.6. The predicted molar refractivity (Wildman–Crippen MR) is 228 cm³/mol. The second kappa shape index (κ2) is 22.8. The molecular formula is C42H62N8O10S. The maximum Gasteiger partial charge on any atom is 0.408 e. The number of aliphatic imine (C=N–C) groups is 1. The van der Waals surface area contributed by atoms with Crippen LogP contribution in [0.2, 0.25) is 0 Å². The monoisotopic (exact) mass is 870 g/mol. The second-order valence-corrected chi connectivity index (χ2v) is 18.1. The Morgan fingerprint density at radius 1 is 0.869 bits per heavy atom. The third-order valence-corrected chi connectivity index (χ3v) is 10.7. The van der Waals surface area contributed by atoms with Crippen molar-refractivity contribution in [3.63, 3.8) is 0 Å². The first-order valence-electron chi connectivity index (χ1n) is 20.4. The summed E-state index contributed by atoms with van der Waals surface area (Å²) in [5, 5.41) is 10.5. The van der Waals surface area contributed by atoms with E-state index in [1.807, 2.05) is 39.0 Å². The van der Waals surface area contributed by atoms with Crippen LogP contribution in [-0.4, -0.2) is 104 Å². The van der Waals surface area contributed by atoms with Crippen LogP contribution in [0.5, 0.6) is 0 Å². The fourth-order valence-electron chi connectivity index (χ4n) is 6.25. The van der Waals surface area contributed by atoms with Crippen molar-refractivity contribution in [2.75, 3.05) is 13.1 Å². The van der Waals surface area contributed by atoms with Crippen LogP contribution in [0.25, 0.3) is 0 Å². The standard InChI is InChI=1S/C42H62N8O10S/c1-26(2)24-33(36(52)46-29(5)39(55)59-25-30-14-10-9-11-15-30)47-35(51)28(4)45-37(53)34-17-13-23-50(34)38(54)32(48-41(56)60-42(6,7)8)16-12-22-44-40(43)49-61(57,58)31-20-18-27(3)19-21-31/h9-11,14-15,18-21,26,28-29,32-34H,12-13,16-17,22-25H2,1-8H3,(H,45,53)(H,46,52)(H,47,51)(H,48,56)(H3,43,44,49)/t28-,29-,32-,33+,34+/m1/s1. The van der Waals surface area contributed by atoms with Gasteiger partial charge in [-0.2, -0.15) is 0 Å². The van der Waals surface area contributed by atoms with Gasteiger partial charge < -0.3 is 41.4 Å². The molecule has 1 fully saturated rings. The van der Waals surface area contributed by atoms with Gasteiger partial charge in [0.15, 0.2) is 0 Å². The number of nitrogens with two attached hydrogens (primary N) is 1. The molecule has 61 heavy (non-hydrogen) atoms. The zero-order chi connectivity index (χ0) is 45.5. The maximum absolute atomic E-state index is 14.0. The quantitative estimate of drug-likeness (QED) is 0.0518. The van der Waals surface area contributed by atoms with E-state index in [0.29, 0.717) is 6.42 Å². The molecular weight excluding hydrogens is 809 g/mol. The van der Waals surface area contributed by atoms with Crippen LogP contribution in [0, 0.1) is 12.8 Å². The van der Waals surface area contributed by atoms with E-state index in [1.54, 1.807) is 45.0 Å². The predicted octanol–water partition coefficient (Wildman–Crippen LogP) is 2.54. The maximum atomic E-state index is 14.0. The first-order valence-corrected chi connectivity index (χ1v) is 21.9. The number of alkyl carbamates (subject to hydrolysis) is 1. The highest BCUT2D eigenvalue weighted by atomic mass is 32.2. The van der Waals surface area contributed by atoms with E-state index in [-0.39, 0.29) is 62.2 Å². The molecule has 5 amide bonds. The Kier molecular flexibility index (Phi) is 18.5. The third-order valence-electron chi connectivity index (χ3n) is 9.36. The van der Waals surface area contributed by atoms with Gasteiger partial charge in [0, 0.05) is 13.1 Å². The summed E-state index contributed by atoms with van der Waals surface area (Å²) in [6.45, 7) is 13.7. The smallest absolute Gasteiger partial charge is 0.408 e. The van der Waals surface area contributed by atoms with Crippen LogP contribution >= 0.6 is 0 Å². The van der Waals surface area contributed by atoms with Crippen molar-refractivity contribution in [1.82, 2.24) is 30.9 Å². The van der Waals surface area contributed by atoms with Crippen molar-refractivity contribution in [2.24, 2.45) is 16.6 Å². The van der Waals surface area contributed by atoms with E-state index in [9.17, 15) is 37.2 Å². The lowest BCUT2D eigenvalue weighted by molar-refractivity contribution is -0.148. The summed E-state index contributed by atoms with van der Waals surface area (Å²) in [6.07, 6.45) is 0.342. The molecule has 0 spiro atoms. The van der Waals surface area contributed by atoms with Crippen molar-refractivity contribution in [2.45, 2.75) is 135 Å². The Labute approximate surface area is 358 Å². The normalized spacial score (nSPS) is 16.4. The number of guanidine groups is 1. The Morgan fingerprint density at radius 2 is 1.52 bits per heavy atom. The molecule has 0 aromatic heterocycles. The summed E-state index contributed by atoms with van der Waals surface area (Å²) in [6, 6.07) is 9.95. The van der Waals surface area contributed by atoms with Crippen LogP contribution in [0.3, 0.4) is 0 Å². The molecule has 2 aromatic rings. The van der Waals surface area contributed by atoms with Gasteiger partial charge in [0.2, 0.25) is 29.6 Å². The molecule has 1 aliphatic heterocycles. The number of sulfonamides is 1. The van der Waals surface area contributed by atoms with E-state index < -0.39 is 81.5 Å². The van der Waals surface area contributed by atoms with Gasteiger partial charge in [-0.05, 0) is 97.3 Å². The van der Waals surface area contributed by atoms with Crippen molar-refractivity contribution in [3.05, 3.63) is 65.7 Å². The molecule has 0 bridgehead atoms. The summed E-state index contributed by atoms with van der Waals surface area (Å²) < 4.78 is 38.4. The SMILES string of the molecule is Cc1ccc(S(=O)(=O)NC(N)=NCCC[C@@H](NC(=O)OC(C)(C)C)C(=O)N2CCC[C@H]2C(=O)N[C@H](C)C(=O)N[C@@H](CC(C)C)C(=O)N[C@H](C)C(=O)OCc2ccccc2)cc1. The summed E-state index contributed by atoms with van der Waals surface area (Å²) in [7, 11) is -3.98. The molecule has 1 saturated heterocycles. The number of nitrogens with zero attached hydrogens (tertiary/aromatic N) is 2. The van der Waals surface area contributed by atoms with E-state index in [0.717, 1.165) is 11.1 Å². The average Bonchev–Trinajstić information content (AvgIpc) is 3.67. The zero-order valence-electron chi connectivity index (χ0n) is 36.3. The number of benzene rings is 2. The minimum Gasteiger partial charge on any atom is -0.459 e. The van der Waals surface area contributed by atoms with Crippen molar-refractivity contribution >= 4 is 51.7 Å². The molecule has 1 heterocycles. The van der Waals surface area contributed by atoms with Crippen molar-refractivity contribution in [3.8, 4) is 0 Å². The molecule has 336 valence electrons. The van der Waals surface area contributed by atoms with Crippen LogP contribution in [0.1, 0.15) is 91.7 Å². The number of aryl methyl sites for hydroxylation is 1. The topological polar surface area (TPSA) is 257 Å². The molecule has 1 aliphatic rings. The Balaban J connectivity index is 1.63. The van der Waals surface area contributed by atoms with E-state index in [4.69, 9.17) is 15.2 Å². The lowest BCUT2D eigenvalue weighted by Gasteiger charge is -2.30. The molecule has 7 N–H and O–H groups in total. The fraction of sp³-hybridized carbons (Fsp3) is 0.548. The van der Waals surface area contributed by atoms with Crippen LogP contribution in [-0.2, 0) is 50.1 Å². The van der Waals surface area contributed by atoms with Crippen LogP contribution in [0.15, 0.2) is 64.5 Å². The van der Waals surface area contributed by atoms with Gasteiger partial charge in [-0.15, -0.1) is 0 Å². The van der Waals surface area contributed by atoms with Crippen molar-refractivity contribution < 1.29 is 46.7 Å². The number of esters is 1. The first-order chi connectivity index (χ1) is 28.6. The molecule has 0 radical (unpaired) electrons. The highest BCUT2D eigenvalue weighted by molar-refractivity contribution is 7.90. The van der Waals surface area contributed by atoms with Gasteiger partial charge in [0.1, 0.15) is 42.4 Å². The Hall–Kier alpha value is -5.72. The summed E-state index contributed by atoms with van der Waals surface area (Å²) in [4.78, 5) is 85.2. The van der Waals surface area contributed by atoms with Gasteiger partial charge in [0.25, 0.3) is 10.0 Å². The fourth-order valence-corrected chi connectivity index (χ4v) is 7.21. The lowest BCUT2D eigenvalue weighted by Crippen LogP contribution is -2.58. The molecule has 0 saturated carbocycles. The largest absolute Gasteiger partial charge is 0.459 e. The van der Waals surface area contributed by atoms with Gasteiger partial charge in [-0.1, -0.05) is 61.9 Å². The highest BCUT2D eigenvalue weighted by Crippen LogP contribution is 2.21. The summed E-state index contributed by atoms with van der Waals surface area (Å²) in [5.74, 6) is -3.47. The number of nitrogens with one attached hydrogen (secondary N) is 5. The number of ether oxygens (including phenoxy) is 2. The van der Waals surface area contributed by atoms with E-state index >= 15 is 0 Å². The third kappa shape index (κ3) is 16.7. The number of rotatable bonds is 19. The van der Waals surface area contributed by atoms with Crippen molar-refractivity contribution in [1.29, 1.82) is 0 Å². The zero-order valence-corrected chi connectivity index (χ0v) is 37.1. The lowest BCUT2D eigenvalue weighted by atomic mass is 10.0. The highest BCUT2D eigenvalue weighted by Gasteiger charge is 2.39. The molecule has 5 atom stereocenters. The number of carbonyl (C=O) groups excluding carboxylic acids is 6. The number of carbonyl (C=O) groups is 6. The number of hydrogen-bond acceptors (Lipinski definition) is 11.